The number of nitrogens with zero attached hydrogens (tertiary/aromatic N) is 1. The van der Waals surface area contributed by atoms with E-state index in [2.05, 4.69) is 65.7 Å². The van der Waals surface area contributed by atoms with Gasteiger partial charge in [0.2, 0.25) is 0 Å². The van der Waals surface area contributed by atoms with Crippen LogP contribution in [0.25, 0.3) is 11.1 Å². The summed E-state index contributed by atoms with van der Waals surface area (Å²) in [4.78, 5) is 15.3. The van der Waals surface area contributed by atoms with Crippen LogP contribution < -0.4 is 5.32 Å². The van der Waals surface area contributed by atoms with Crippen molar-refractivity contribution in [1.29, 1.82) is 0 Å². The second kappa shape index (κ2) is 15.7. The molecule has 0 aliphatic carbocycles. The van der Waals surface area contributed by atoms with Gasteiger partial charge in [-0.3, -0.25) is 4.79 Å². The van der Waals surface area contributed by atoms with E-state index in [0.29, 0.717) is 12.1 Å². The molecule has 2 saturated heterocycles. The zero-order chi connectivity index (χ0) is 31.7. The second-order valence-corrected chi connectivity index (χ2v) is 12.7. The summed E-state index contributed by atoms with van der Waals surface area (Å²) in [5.41, 5.74) is 6.85. The van der Waals surface area contributed by atoms with Gasteiger partial charge in [0.1, 0.15) is 0 Å². The number of hydrogen-bond acceptors (Lipinski definition) is 5. The molecule has 46 heavy (non-hydrogen) atoms. The van der Waals surface area contributed by atoms with E-state index in [0.717, 1.165) is 53.0 Å². The number of carbonyl (C=O) groups is 1. The number of nitrogens with one attached hydrogen (secondary N) is 1. The van der Waals surface area contributed by atoms with E-state index in [1.54, 1.807) is 0 Å². The molecule has 2 aliphatic rings. The number of benzene rings is 4. The molecular formula is C40H46N2O4. The molecule has 0 unspecified atom stereocenters. The molecule has 6 nitrogen and oxygen atoms in total. The van der Waals surface area contributed by atoms with Crippen LogP contribution in [-0.2, 0) is 22.6 Å². The van der Waals surface area contributed by atoms with Crippen LogP contribution in [0.15, 0.2) is 103 Å². The molecule has 0 spiro atoms. The molecule has 6 heteroatoms. The number of amides is 1. The fourth-order valence-electron chi connectivity index (χ4n) is 6.72. The van der Waals surface area contributed by atoms with Crippen LogP contribution in [0.4, 0.5) is 0 Å². The molecule has 2 heterocycles. The number of carbonyl (C=O) groups excluding carboxylic acids is 1. The predicted octanol–water partition coefficient (Wildman–Crippen LogP) is 7.83. The normalized spacial score (nSPS) is 22.5. The molecule has 6 rings (SSSR count). The molecule has 4 aromatic carbocycles. The maximum Gasteiger partial charge on any atom is 0.251 e. The van der Waals surface area contributed by atoms with Crippen molar-refractivity contribution in [3.05, 3.63) is 131 Å². The van der Waals surface area contributed by atoms with E-state index in [1.807, 2.05) is 54.6 Å². The monoisotopic (exact) mass is 618 g/mol. The van der Waals surface area contributed by atoms with Crippen molar-refractivity contribution in [2.45, 2.75) is 70.7 Å². The molecule has 2 aliphatic heterocycles. The predicted molar refractivity (Wildman–Crippen MR) is 182 cm³/mol. The third kappa shape index (κ3) is 7.94. The quantitative estimate of drug-likeness (QED) is 0.200. The lowest BCUT2D eigenvalue weighted by molar-refractivity contribution is -0.276. The Morgan fingerprint density at radius 2 is 1.43 bits per heavy atom. The standard InChI is InChI=1S/C40H46N2O4/c1-29-37(27-42-24-10-3-2-4-11-25-42)45-40(46-38(29)32-18-16-30(28-43)17-19-32)34-22-20-31(21-23-34)36-15-9-8-14-35(36)26-41-39(44)33-12-6-5-7-13-33/h5-9,12-23,29,37-38,40,43H,2-4,10-11,24-28H2,1H3,(H,41,44)/t29-,37+,38+,40+/m1/s1. The van der Waals surface area contributed by atoms with Gasteiger partial charge in [-0.1, -0.05) is 117 Å². The summed E-state index contributed by atoms with van der Waals surface area (Å²) in [7, 11) is 0. The molecule has 1 amide bonds. The van der Waals surface area contributed by atoms with Crippen molar-refractivity contribution in [3.8, 4) is 11.1 Å². The van der Waals surface area contributed by atoms with Crippen molar-refractivity contribution >= 4 is 5.91 Å². The number of ether oxygens (including phenoxy) is 2. The molecule has 2 N–H and O–H groups in total. The highest BCUT2D eigenvalue weighted by Gasteiger charge is 2.39. The van der Waals surface area contributed by atoms with Crippen LogP contribution in [0, 0.1) is 5.92 Å². The Hall–Kier alpha value is -3.81. The highest BCUT2D eigenvalue weighted by molar-refractivity contribution is 5.94. The molecule has 2 fully saturated rings. The van der Waals surface area contributed by atoms with Gasteiger partial charge < -0.3 is 24.8 Å². The lowest BCUT2D eigenvalue weighted by atomic mass is 9.89. The molecule has 4 aromatic rings. The van der Waals surface area contributed by atoms with Crippen LogP contribution in [-0.4, -0.2) is 41.7 Å². The Labute approximate surface area is 273 Å². The van der Waals surface area contributed by atoms with Crippen LogP contribution in [0.3, 0.4) is 0 Å². The van der Waals surface area contributed by atoms with E-state index in [4.69, 9.17) is 9.47 Å². The van der Waals surface area contributed by atoms with E-state index in [9.17, 15) is 9.90 Å². The van der Waals surface area contributed by atoms with E-state index < -0.39 is 6.29 Å². The van der Waals surface area contributed by atoms with Crippen molar-refractivity contribution in [2.75, 3.05) is 19.6 Å². The van der Waals surface area contributed by atoms with Gasteiger partial charge >= 0.3 is 0 Å². The Balaban J connectivity index is 1.21. The highest BCUT2D eigenvalue weighted by Crippen LogP contribution is 2.42. The van der Waals surface area contributed by atoms with Gasteiger partial charge in [0, 0.05) is 30.1 Å². The van der Waals surface area contributed by atoms with Crippen LogP contribution >= 0.6 is 0 Å². The summed E-state index contributed by atoms with van der Waals surface area (Å²) in [6, 6.07) is 34.1. The molecule has 0 saturated carbocycles. The maximum atomic E-state index is 12.7. The number of aliphatic hydroxyl groups excluding tert-OH is 1. The van der Waals surface area contributed by atoms with E-state index >= 15 is 0 Å². The maximum absolute atomic E-state index is 12.7. The number of hydrogen-bond donors (Lipinski definition) is 2. The van der Waals surface area contributed by atoms with Gasteiger partial charge in [0.15, 0.2) is 6.29 Å². The van der Waals surface area contributed by atoms with Crippen LogP contribution in [0.2, 0.25) is 0 Å². The van der Waals surface area contributed by atoms with E-state index in [1.165, 1.54) is 32.1 Å². The molecule has 0 bridgehead atoms. The van der Waals surface area contributed by atoms with Gasteiger partial charge in [-0.15, -0.1) is 0 Å². The number of aliphatic hydroxyl groups is 1. The minimum absolute atomic E-state index is 0.0225. The van der Waals surface area contributed by atoms with Gasteiger partial charge in [-0.25, -0.2) is 0 Å². The average Bonchev–Trinajstić information content (AvgIpc) is 3.10. The largest absolute Gasteiger partial charge is 0.392 e. The van der Waals surface area contributed by atoms with Crippen LogP contribution in [0.1, 0.15) is 84.0 Å². The Bertz CT molecular complexity index is 1530. The minimum atomic E-state index is -0.493. The number of rotatable bonds is 9. The van der Waals surface area contributed by atoms with Gasteiger partial charge in [-0.2, -0.15) is 0 Å². The fourth-order valence-corrected chi connectivity index (χ4v) is 6.72. The molecular weight excluding hydrogens is 572 g/mol. The first kappa shape index (κ1) is 32.1. The minimum Gasteiger partial charge on any atom is -0.392 e. The van der Waals surface area contributed by atoms with Crippen molar-refractivity contribution in [2.24, 2.45) is 5.92 Å². The summed E-state index contributed by atoms with van der Waals surface area (Å²) < 4.78 is 13.5. The van der Waals surface area contributed by atoms with Crippen molar-refractivity contribution in [1.82, 2.24) is 10.2 Å². The Morgan fingerprint density at radius 1 is 0.783 bits per heavy atom. The highest BCUT2D eigenvalue weighted by atomic mass is 16.7. The fraction of sp³-hybridized carbons (Fsp3) is 0.375. The average molecular weight is 619 g/mol. The zero-order valence-corrected chi connectivity index (χ0v) is 26.8. The van der Waals surface area contributed by atoms with Gasteiger partial charge in [-0.05, 0) is 65.9 Å². The first-order chi connectivity index (χ1) is 22.6. The summed E-state index contributed by atoms with van der Waals surface area (Å²) in [5.74, 6) is 0.0799. The van der Waals surface area contributed by atoms with Crippen LogP contribution in [0.5, 0.6) is 0 Å². The summed E-state index contributed by atoms with van der Waals surface area (Å²) >= 11 is 0. The lowest BCUT2D eigenvalue weighted by Crippen LogP contribution is -2.45. The van der Waals surface area contributed by atoms with E-state index in [-0.39, 0.29) is 30.6 Å². The Kier molecular flexibility index (Phi) is 10.9. The SMILES string of the molecule is C[C@@H]1[C@H](CN2CCCCCCC2)O[C@H](c2ccc(-c3ccccc3CNC(=O)c3ccccc3)cc2)O[C@@H]1c1ccc(CO)cc1. The smallest absolute Gasteiger partial charge is 0.251 e. The molecule has 240 valence electrons. The zero-order valence-electron chi connectivity index (χ0n) is 26.8. The molecule has 0 aromatic heterocycles. The molecule has 4 atom stereocenters. The number of likely N-dealkylation sites (tertiary alicyclic amines) is 1. The summed E-state index contributed by atoms with van der Waals surface area (Å²) in [5, 5.41) is 12.7. The second-order valence-electron chi connectivity index (χ2n) is 12.7. The lowest BCUT2D eigenvalue weighted by Gasteiger charge is -2.43. The van der Waals surface area contributed by atoms with Gasteiger partial charge in [0.25, 0.3) is 5.91 Å². The first-order valence-corrected chi connectivity index (χ1v) is 16.8. The summed E-state index contributed by atoms with van der Waals surface area (Å²) in [6.45, 7) is 5.84. The van der Waals surface area contributed by atoms with Crippen molar-refractivity contribution in [3.63, 3.8) is 0 Å². The first-order valence-electron chi connectivity index (χ1n) is 16.8. The topological polar surface area (TPSA) is 71.0 Å². The Morgan fingerprint density at radius 3 is 2.15 bits per heavy atom. The van der Waals surface area contributed by atoms with Crippen molar-refractivity contribution < 1.29 is 19.4 Å². The van der Waals surface area contributed by atoms with Gasteiger partial charge in [0.05, 0.1) is 18.8 Å². The molecule has 0 radical (unpaired) electrons. The summed E-state index contributed by atoms with van der Waals surface area (Å²) in [6.07, 6.45) is 5.84. The third-order valence-electron chi connectivity index (χ3n) is 9.50. The third-order valence-corrected chi connectivity index (χ3v) is 9.50.